The SMILES string of the molecule is CCc1ccccc1O[C@H](C)C(=O)Nc1ccccc1C(=O)NC1CCCCC1. The minimum atomic E-state index is -0.683. The van der Waals surface area contributed by atoms with Gasteiger partial charge in [-0.3, -0.25) is 9.59 Å². The Balaban J connectivity index is 1.66. The minimum Gasteiger partial charge on any atom is -0.481 e. The van der Waals surface area contributed by atoms with Crippen molar-refractivity contribution in [2.24, 2.45) is 0 Å². The molecule has 1 fully saturated rings. The number of amides is 2. The quantitative estimate of drug-likeness (QED) is 0.714. The van der Waals surface area contributed by atoms with Gasteiger partial charge in [-0.25, -0.2) is 0 Å². The normalized spacial score (nSPS) is 15.4. The number of nitrogens with one attached hydrogen (secondary N) is 2. The first-order valence-electron chi connectivity index (χ1n) is 10.5. The van der Waals surface area contributed by atoms with E-state index >= 15 is 0 Å². The van der Waals surface area contributed by atoms with Crippen molar-refractivity contribution in [2.45, 2.75) is 64.5 Å². The van der Waals surface area contributed by atoms with Crippen LogP contribution in [0.25, 0.3) is 0 Å². The van der Waals surface area contributed by atoms with E-state index in [1.54, 1.807) is 19.1 Å². The lowest BCUT2D eigenvalue weighted by molar-refractivity contribution is -0.122. The largest absolute Gasteiger partial charge is 0.481 e. The summed E-state index contributed by atoms with van der Waals surface area (Å²) in [7, 11) is 0. The Morgan fingerprint density at radius 2 is 1.72 bits per heavy atom. The highest BCUT2D eigenvalue weighted by atomic mass is 16.5. The number of anilines is 1. The first-order chi connectivity index (χ1) is 14.1. The van der Waals surface area contributed by atoms with E-state index in [0.717, 1.165) is 37.7 Å². The molecule has 3 rings (SSSR count). The van der Waals surface area contributed by atoms with E-state index in [-0.39, 0.29) is 17.9 Å². The van der Waals surface area contributed by atoms with Gasteiger partial charge in [-0.05, 0) is 49.9 Å². The van der Waals surface area contributed by atoms with Gasteiger partial charge in [0.25, 0.3) is 11.8 Å². The van der Waals surface area contributed by atoms with Crippen LogP contribution >= 0.6 is 0 Å². The van der Waals surface area contributed by atoms with Crippen molar-refractivity contribution >= 4 is 17.5 Å². The summed E-state index contributed by atoms with van der Waals surface area (Å²) in [6.07, 6.45) is 5.71. The second kappa shape index (κ2) is 10.1. The summed E-state index contributed by atoms with van der Waals surface area (Å²) in [5, 5.41) is 5.97. The lowest BCUT2D eigenvalue weighted by atomic mass is 9.95. The van der Waals surface area contributed by atoms with E-state index < -0.39 is 6.10 Å². The van der Waals surface area contributed by atoms with Crippen LogP contribution in [0.3, 0.4) is 0 Å². The van der Waals surface area contributed by atoms with Crippen LogP contribution in [0, 0.1) is 0 Å². The monoisotopic (exact) mass is 394 g/mol. The van der Waals surface area contributed by atoms with Crippen molar-refractivity contribution in [3.63, 3.8) is 0 Å². The van der Waals surface area contributed by atoms with Crippen LogP contribution < -0.4 is 15.4 Å². The van der Waals surface area contributed by atoms with Gasteiger partial charge >= 0.3 is 0 Å². The summed E-state index contributed by atoms with van der Waals surface area (Å²) in [5.74, 6) is 0.285. The third kappa shape index (κ3) is 5.59. The molecule has 1 aliphatic carbocycles. The standard InChI is InChI=1S/C24H30N2O3/c1-3-18-11-7-10-16-22(18)29-17(2)23(27)26-21-15-9-8-14-20(21)24(28)25-19-12-5-4-6-13-19/h7-11,14-17,19H,3-6,12-13H2,1-2H3,(H,25,28)(H,26,27)/t17-/m1/s1. The first-order valence-corrected chi connectivity index (χ1v) is 10.5. The van der Waals surface area contributed by atoms with E-state index in [1.165, 1.54) is 6.42 Å². The molecule has 154 valence electrons. The number of aryl methyl sites for hydroxylation is 1. The Hall–Kier alpha value is -2.82. The van der Waals surface area contributed by atoms with Gasteiger partial charge in [0.2, 0.25) is 0 Å². The van der Waals surface area contributed by atoms with Crippen LogP contribution in [-0.4, -0.2) is 24.0 Å². The lowest BCUT2D eigenvalue weighted by Gasteiger charge is -2.23. The van der Waals surface area contributed by atoms with Crippen molar-refractivity contribution in [3.8, 4) is 5.75 Å². The van der Waals surface area contributed by atoms with Crippen LogP contribution in [0.4, 0.5) is 5.69 Å². The lowest BCUT2D eigenvalue weighted by Crippen LogP contribution is -2.37. The highest BCUT2D eigenvalue weighted by Crippen LogP contribution is 2.22. The molecule has 1 aliphatic rings. The Morgan fingerprint density at radius 1 is 1.03 bits per heavy atom. The van der Waals surface area contributed by atoms with Gasteiger partial charge in [0.15, 0.2) is 6.10 Å². The molecule has 0 aliphatic heterocycles. The molecule has 2 amide bonds. The van der Waals surface area contributed by atoms with Gasteiger partial charge in [-0.1, -0.05) is 56.5 Å². The van der Waals surface area contributed by atoms with E-state index in [9.17, 15) is 9.59 Å². The zero-order valence-corrected chi connectivity index (χ0v) is 17.2. The number of carbonyl (C=O) groups excluding carboxylic acids is 2. The van der Waals surface area contributed by atoms with Gasteiger partial charge < -0.3 is 15.4 Å². The summed E-state index contributed by atoms with van der Waals surface area (Å²) >= 11 is 0. The molecule has 0 spiro atoms. The summed E-state index contributed by atoms with van der Waals surface area (Å²) in [6.45, 7) is 3.76. The molecular weight excluding hydrogens is 364 g/mol. The summed E-state index contributed by atoms with van der Waals surface area (Å²) in [6, 6.07) is 15.0. The summed E-state index contributed by atoms with van der Waals surface area (Å²) in [5.41, 5.74) is 2.04. The average Bonchev–Trinajstić information content (AvgIpc) is 2.75. The van der Waals surface area contributed by atoms with Crippen LogP contribution in [-0.2, 0) is 11.2 Å². The highest BCUT2D eigenvalue weighted by Gasteiger charge is 2.21. The molecule has 29 heavy (non-hydrogen) atoms. The Labute approximate surface area is 172 Å². The van der Waals surface area contributed by atoms with Crippen molar-refractivity contribution < 1.29 is 14.3 Å². The molecule has 5 heteroatoms. The molecule has 5 nitrogen and oxygen atoms in total. The number of benzene rings is 2. The van der Waals surface area contributed by atoms with Crippen LogP contribution in [0.15, 0.2) is 48.5 Å². The molecule has 0 radical (unpaired) electrons. The Bertz CT molecular complexity index is 844. The first kappa shape index (κ1) is 20.9. The number of para-hydroxylation sites is 2. The van der Waals surface area contributed by atoms with Gasteiger partial charge in [-0.2, -0.15) is 0 Å². The van der Waals surface area contributed by atoms with Gasteiger partial charge in [0, 0.05) is 6.04 Å². The van der Waals surface area contributed by atoms with Crippen LogP contribution in [0.2, 0.25) is 0 Å². The Morgan fingerprint density at radius 3 is 2.48 bits per heavy atom. The Kier molecular flexibility index (Phi) is 7.28. The predicted molar refractivity (Wildman–Crippen MR) is 115 cm³/mol. The average molecular weight is 395 g/mol. The summed E-state index contributed by atoms with van der Waals surface area (Å²) < 4.78 is 5.88. The number of carbonyl (C=O) groups is 2. The number of hydrogen-bond acceptors (Lipinski definition) is 3. The molecule has 0 saturated heterocycles. The zero-order chi connectivity index (χ0) is 20.6. The van der Waals surface area contributed by atoms with Gasteiger partial charge in [0.05, 0.1) is 11.3 Å². The van der Waals surface area contributed by atoms with Crippen molar-refractivity contribution in [3.05, 3.63) is 59.7 Å². The maximum Gasteiger partial charge on any atom is 0.265 e. The van der Waals surface area contributed by atoms with Crippen molar-refractivity contribution in [1.82, 2.24) is 5.32 Å². The number of ether oxygens (including phenoxy) is 1. The van der Waals surface area contributed by atoms with Crippen LogP contribution in [0.1, 0.15) is 61.9 Å². The second-order valence-electron chi connectivity index (χ2n) is 7.56. The maximum absolute atomic E-state index is 12.8. The predicted octanol–water partition coefficient (Wildman–Crippen LogP) is 4.72. The second-order valence-corrected chi connectivity index (χ2v) is 7.56. The third-order valence-electron chi connectivity index (χ3n) is 5.40. The van der Waals surface area contributed by atoms with E-state index in [4.69, 9.17) is 4.74 Å². The highest BCUT2D eigenvalue weighted by molar-refractivity contribution is 6.04. The van der Waals surface area contributed by atoms with Crippen molar-refractivity contribution in [2.75, 3.05) is 5.32 Å². The molecular formula is C24H30N2O3. The van der Waals surface area contributed by atoms with E-state index in [1.807, 2.05) is 43.3 Å². The molecule has 0 unspecified atom stereocenters. The molecule has 2 aromatic carbocycles. The molecule has 2 N–H and O–H groups in total. The minimum absolute atomic E-state index is 0.141. The zero-order valence-electron chi connectivity index (χ0n) is 17.2. The van der Waals surface area contributed by atoms with E-state index in [0.29, 0.717) is 17.0 Å². The fourth-order valence-corrected chi connectivity index (χ4v) is 3.69. The molecule has 1 saturated carbocycles. The molecule has 2 aromatic rings. The van der Waals surface area contributed by atoms with Gasteiger partial charge in [-0.15, -0.1) is 0 Å². The van der Waals surface area contributed by atoms with Gasteiger partial charge in [0.1, 0.15) is 5.75 Å². The fourth-order valence-electron chi connectivity index (χ4n) is 3.69. The van der Waals surface area contributed by atoms with Crippen molar-refractivity contribution in [1.29, 1.82) is 0 Å². The number of hydrogen-bond donors (Lipinski definition) is 2. The smallest absolute Gasteiger partial charge is 0.265 e. The molecule has 0 heterocycles. The van der Waals surface area contributed by atoms with E-state index in [2.05, 4.69) is 10.6 Å². The fraction of sp³-hybridized carbons (Fsp3) is 0.417. The third-order valence-corrected chi connectivity index (χ3v) is 5.40. The molecule has 0 bridgehead atoms. The topological polar surface area (TPSA) is 67.4 Å². The molecule has 0 aromatic heterocycles. The number of rotatable bonds is 7. The van der Waals surface area contributed by atoms with Crippen LogP contribution in [0.5, 0.6) is 5.75 Å². The summed E-state index contributed by atoms with van der Waals surface area (Å²) in [4.78, 5) is 25.5. The maximum atomic E-state index is 12.8. The molecule has 1 atom stereocenters.